The maximum Gasteiger partial charge on any atom is 0.303 e. The number of carbonyl (C=O) groups excluding carboxylic acids is 1. The van der Waals surface area contributed by atoms with Gasteiger partial charge in [-0.05, 0) is 19.8 Å². The number of carboxylic acids is 1. The molecular weight excluding hydrogens is 272 g/mol. The molecule has 0 aliphatic rings. The maximum absolute atomic E-state index is 11.9. The minimum Gasteiger partial charge on any atom is -0.481 e. The van der Waals surface area contributed by atoms with Crippen molar-refractivity contribution in [2.24, 2.45) is 0 Å². The molecule has 2 N–H and O–H groups in total. The van der Waals surface area contributed by atoms with Gasteiger partial charge in [-0.15, -0.1) is 0 Å². The Morgan fingerprint density at radius 2 is 1.95 bits per heavy atom. The van der Waals surface area contributed by atoms with Gasteiger partial charge in [0.1, 0.15) is 0 Å². The van der Waals surface area contributed by atoms with E-state index < -0.39 is 22.0 Å². The van der Waals surface area contributed by atoms with Crippen LogP contribution in [0.2, 0.25) is 0 Å². The first-order valence-electron chi connectivity index (χ1n) is 6.16. The second kappa shape index (κ2) is 8.11. The molecule has 112 valence electrons. The Hall–Kier alpha value is -1.15. The number of sulfonamides is 1. The third-order valence-corrected chi connectivity index (χ3v) is 4.12. The van der Waals surface area contributed by atoms with E-state index in [2.05, 4.69) is 4.72 Å². The monoisotopic (exact) mass is 294 g/mol. The van der Waals surface area contributed by atoms with Gasteiger partial charge in [0.05, 0.1) is 11.8 Å². The molecule has 0 fully saturated rings. The minimum atomic E-state index is -3.43. The van der Waals surface area contributed by atoms with E-state index in [1.807, 2.05) is 0 Å². The Bertz CT molecular complexity index is 407. The molecule has 0 aliphatic heterocycles. The van der Waals surface area contributed by atoms with Gasteiger partial charge in [0.15, 0.2) is 0 Å². The van der Waals surface area contributed by atoms with Crippen LogP contribution in [0, 0.1) is 0 Å². The molecule has 0 aromatic rings. The first-order valence-corrected chi connectivity index (χ1v) is 7.81. The van der Waals surface area contributed by atoms with Crippen molar-refractivity contribution in [3.05, 3.63) is 0 Å². The molecule has 0 spiro atoms. The fourth-order valence-electron chi connectivity index (χ4n) is 1.56. The molecule has 0 aromatic carbocycles. The number of amides is 1. The molecule has 1 unspecified atom stereocenters. The molecular formula is C11H22N2O5S. The third-order valence-electron chi connectivity index (χ3n) is 2.46. The summed E-state index contributed by atoms with van der Waals surface area (Å²) in [5.74, 6) is -1.31. The number of rotatable bonds is 9. The lowest BCUT2D eigenvalue weighted by atomic mass is 10.2. The summed E-state index contributed by atoms with van der Waals surface area (Å²) >= 11 is 0. The van der Waals surface area contributed by atoms with Crippen LogP contribution >= 0.6 is 0 Å². The molecule has 0 aliphatic carbocycles. The number of likely N-dealkylation sites (N-methyl/N-ethyl adjacent to an activating group) is 1. The molecule has 0 heterocycles. The van der Waals surface area contributed by atoms with Crippen LogP contribution in [0.1, 0.15) is 33.1 Å². The topological polar surface area (TPSA) is 104 Å². The van der Waals surface area contributed by atoms with E-state index in [4.69, 9.17) is 5.11 Å². The Morgan fingerprint density at radius 3 is 2.42 bits per heavy atom. The summed E-state index contributed by atoms with van der Waals surface area (Å²) in [6, 6.07) is -0.841. The lowest BCUT2D eigenvalue weighted by Crippen LogP contribution is -2.46. The first kappa shape index (κ1) is 17.8. The van der Waals surface area contributed by atoms with Crippen LogP contribution in [-0.2, 0) is 19.6 Å². The fourth-order valence-corrected chi connectivity index (χ4v) is 2.85. The molecule has 1 amide bonds. The zero-order valence-electron chi connectivity index (χ0n) is 11.5. The van der Waals surface area contributed by atoms with Gasteiger partial charge in [-0.25, -0.2) is 13.1 Å². The van der Waals surface area contributed by atoms with Gasteiger partial charge < -0.3 is 10.0 Å². The minimum absolute atomic E-state index is 0.0203. The Balaban J connectivity index is 4.28. The van der Waals surface area contributed by atoms with Gasteiger partial charge in [-0.1, -0.05) is 6.92 Å². The highest BCUT2D eigenvalue weighted by Crippen LogP contribution is 1.99. The van der Waals surface area contributed by atoms with Crippen molar-refractivity contribution >= 4 is 21.9 Å². The van der Waals surface area contributed by atoms with Crippen LogP contribution in [-0.4, -0.2) is 55.7 Å². The van der Waals surface area contributed by atoms with Gasteiger partial charge in [-0.3, -0.25) is 9.59 Å². The Kier molecular flexibility index (Phi) is 7.62. The average Bonchev–Trinajstić information content (AvgIpc) is 2.26. The summed E-state index contributed by atoms with van der Waals surface area (Å²) in [6.07, 6.45) is 0.796. The second-order valence-electron chi connectivity index (χ2n) is 4.42. The molecule has 7 nitrogen and oxygen atoms in total. The summed E-state index contributed by atoms with van der Waals surface area (Å²) in [5, 5.41) is 8.49. The number of carbonyl (C=O) groups is 2. The molecule has 0 saturated carbocycles. The van der Waals surface area contributed by atoms with Crippen LogP contribution in [0.15, 0.2) is 0 Å². The summed E-state index contributed by atoms with van der Waals surface area (Å²) in [4.78, 5) is 23.5. The van der Waals surface area contributed by atoms with E-state index in [1.165, 1.54) is 18.9 Å². The largest absolute Gasteiger partial charge is 0.481 e. The van der Waals surface area contributed by atoms with Gasteiger partial charge in [-0.2, -0.15) is 0 Å². The number of hydrogen-bond acceptors (Lipinski definition) is 4. The van der Waals surface area contributed by atoms with E-state index >= 15 is 0 Å². The molecule has 1 atom stereocenters. The van der Waals surface area contributed by atoms with E-state index in [1.54, 1.807) is 6.92 Å². The van der Waals surface area contributed by atoms with Gasteiger partial charge in [0.2, 0.25) is 15.9 Å². The maximum atomic E-state index is 11.9. The predicted molar refractivity (Wildman–Crippen MR) is 71.2 cm³/mol. The van der Waals surface area contributed by atoms with E-state index in [0.29, 0.717) is 12.8 Å². The van der Waals surface area contributed by atoms with Crippen molar-refractivity contribution in [3.63, 3.8) is 0 Å². The van der Waals surface area contributed by atoms with Crippen LogP contribution in [0.5, 0.6) is 0 Å². The molecule has 0 rings (SSSR count). The SMILES string of the molecule is CCCS(=O)(=O)NC(C)C(=O)N(C)CCCC(=O)O. The predicted octanol–water partition coefficient (Wildman–Crippen LogP) is 0.0275. The fraction of sp³-hybridized carbons (Fsp3) is 0.818. The Labute approximate surface area is 114 Å². The standard InChI is InChI=1S/C11H22N2O5S/c1-4-8-19(17,18)12-9(2)11(16)13(3)7-5-6-10(14)15/h9,12H,4-8H2,1-3H3,(H,14,15). The number of nitrogens with zero attached hydrogens (tertiary/aromatic N) is 1. The van der Waals surface area contributed by atoms with Crippen molar-refractivity contribution in [2.45, 2.75) is 39.2 Å². The molecule has 0 saturated heterocycles. The lowest BCUT2D eigenvalue weighted by Gasteiger charge is -2.21. The smallest absolute Gasteiger partial charge is 0.303 e. The van der Waals surface area contributed by atoms with Crippen LogP contribution in [0.4, 0.5) is 0 Å². The number of nitrogens with one attached hydrogen (secondary N) is 1. The summed E-state index contributed by atoms with van der Waals surface area (Å²) < 4.78 is 25.3. The van der Waals surface area contributed by atoms with Gasteiger partial charge in [0, 0.05) is 20.0 Å². The quantitative estimate of drug-likeness (QED) is 0.624. The number of aliphatic carboxylic acids is 1. The highest BCUT2D eigenvalue weighted by atomic mass is 32.2. The third kappa shape index (κ3) is 7.78. The van der Waals surface area contributed by atoms with E-state index in [0.717, 1.165) is 0 Å². The molecule has 8 heteroatoms. The zero-order chi connectivity index (χ0) is 15.1. The van der Waals surface area contributed by atoms with Crippen molar-refractivity contribution in [2.75, 3.05) is 19.3 Å². The van der Waals surface area contributed by atoms with Gasteiger partial charge in [0.25, 0.3) is 0 Å². The van der Waals surface area contributed by atoms with Crippen LogP contribution in [0.25, 0.3) is 0 Å². The summed E-state index contributed by atoms with van der Waals surface area (Å²) in [5.41, 5.74) is 0. The molecule has 19 heavy (non-hydrogen) atoms. The van der Waals surface area contributed by atoms with Crippen molar-refractivity contribution in [1.29, 1.82) is 0 Å². The van der Waals surface area contributed by atoms with E-state index in [-0.39, 0.29) is 24.6 Å². The lowest BCUT2D eigenvalue weighted by molar-refractivity contribution is -0.138. The summed E-state index contributed by atoms with van der Waals surface area (Å²) in [7, 11) is -1.91. The first-order chi connectivity index (χ1) is 8.69. The molecule has 0 aromatic heterocycles. The van der Waals surface area contributed by atoms with Gasteiger partial charge >= 0.3 is 5.97 Å². The van der Waals surface area contributed by atoms with Crippen molar-refractivity contribution in [1.82, 2.24) is 9.62 Å². The Morgan fingerprint density at radius 1 is 1.37 bits per heavy atom. The van der Waals surface area contributed by atoms with Crippen LogP contribution < -0.4 is 4.72 Å². The number of carboxylic acid groups (broad SMARTS) is 1. The highest BCUT2D eigenvalue weighted by molar-refractivity contribution is 7.89. The average molecular weight is 294 g/mol. The zero-order valence-corrected chi connectivity index (χ0v) is 12.4. The molecule has 0 radical (unpaired) electrons. The summed E-state index contributed by atoms with van der Waals surface area (Å²) in [6.45, 7) is 3.50. The number of hydrogen-bond donors (Lipinski definition) is 2. The van der Waals surface area contributed by atoms with Crippen molar-refractivity contribution in [3.8, 4) is 0 Å². The van der Waals surface area contributed by atoms with Crippen LogP contribution in [0.3, 0.4) is 0 Å². The highest BCUT2D eigenvalue weighted by Gasteiger charge is 2.22. The van der Waals surface area contributed by atoms with Crippen molar-refractivity contribution < 1.29 is 23.1 Å². The van der Waals surface area contributed by atoms with E-state index in [9.17, 15) is 18.0 Å². The normalized spacial score (nSPS) is 13.0. The molecule has 0 bridgehead atoms. The second-order valence-corrected chi connectivity index (χ2v) is 6.29.